The summed E-state index contributed by atoms with van der Waals surface area (Å²) in [5.74, 6) is 0. The molecule has 0 fully saturated rings. The second kappa shape index (κ2) is 16.5. The Balaban J connectivity index is -0.0000000112. The molecule has 0 rings (SSSR count). The monoisotopic (exact) mass is 193 g/mol. The fourth-order valence-electron chi connectivity index (χ4n) is 0. The first-order valence-corrected chi connectivity index (χ1v) is 3.30. The standard InChI is InChI=1S/C3H9N.Al.Mg.H2O3Si.5H/c1-4(2)3;;;1-4(2)3;;;;;/h1-3H3;;;1-2H;;;;;/q;;+2;;;;;2*-1. The van der Waals surface area contributed by atoms with Crippen LogP contribution in [0.2, 0.25) is 0 Å². The molecule has 0 saturated carbocycles. The first-order valence-electron chi connectivity index (χ1n) is 1.99. The maximum atomic E-state index is 8.74. The van der Waals surface area contributed by atoms with Crippen LogP contribution in [0.3, 0.4) is 0 Å². The molecule has 4 nitrogen and oxygen atoms in total. The van der Waals surface area contributed by atoms with Crippen LogP contribution in [0.25, 0.3) is 0 Å². The van der Waals surface area contributed by atoms with Gasteiger partial charge in [-0.05, 0) is 21.1 Å². The van der Waals surface area contributed by atoms with E-state index in [1.165, 1.54) is 0 Å². The summed E-state index contributed by atoms with van der Waals surface area (Å²) in [6.45, 7) is 0. The Morgan fingerprint density at radius 1 is 1.30 bits per heavy atom. The van der Waals surface area contributed by atoms with Crippen LogP contribution >= 0.6 is 0 Å². The van der Waals surface area contributed by atoms with Crippen molar-refractivity contribution < 1.29 is 16.9 Å². The number of rotatable bonds is 0. The summed E-state index contributed by atoms with van der Waals surface area (Å²) in [5.41, 5.74) is 0. The average Bonchev–Trinajstić information content (AvgIpc) is 1.25. The van der Waals surface area contributed by atoms with Gasteiger partial charge in [-0.15, -0.1) is 0 Å². The van der Waals surface area contributed by atoms with Crippen molar-refractivity contribution >= 4 is 49.6 Å². The minimum atomic E-state index is -3.13. The third kappa shape index (κ3) is 718. The molecule has 60 valence electrons. The number of hydrogen-bond acceptors (Lipinski definition) is 2. The molecule has 0 unspecified atom stereocenters. The Morgan fingerprint density at radius 2 is 1.30 bits per heavy atom. The van der Waals surface area contributed by atoms with E-state index >= 15 is 0 Å². The van der Waals surface area contributed by atoms with Gasteiger partial charge >= 0.3 is 32.2 Å². The van der Waals surface area contributed by atoms with Crippen molar-refractivity contribution in [2.45, 2.75) is 0 Å². The molecule has 0 aromatic heterocycles. The fourth-order valence-corrected chi connectivity index (χ4v) is 0. The van der Waals surface area contributed by atoms with Crippen molar-refractivity contribution in [3.8, 4) is 0 Å². The van der Waals surface area contributed by atoms with Crippen LogP contribution in [-0.4, -0.2) is 85.2 Å². The summed E-state index contributed by atoms with van der Waals surface area (Å²) >= 11 is 0. The molecule has 10 heavy (non-hydrogen) atoms. The van der Waals surface area contributed by atoms with E-state index in [0.29, 0.717) is 0 Å². The van der Waals surface area contributed by atoms with E-state index in [1.54, 1.807) is 0 Å². The number of nitrogens with zero attached hydrogens (tertiary/aromatic N) is 1. The van der Waals surface area contributed by atoms with Crippen LogP contribution in [0.5, 0.6) is 0 Å². The van der Waals surface area contributed by atoms with Crippen molar-refractivity contribution in [1.29, 1.82) is 0 Å². The van der Waals surface area contributed by atoms with Gasteiger partial charge in [0.2, 0.25) is 0 Å². The van der Waals surface area contributed by atoms with Crippen LogP contribution in [-0.2, 0) is 4.46 Å². The van der Waals surface area contributed by atoms with Gasteiger partial charge in [0.1, 0.15) is 0 Å². The van der Waals surface area contributed by atoms with Crippen LogP contribution < -0.4 is 0 Å². The van der Waals surface area contributed by atoms with Crippen LogP contribution in [0.1, 0.15) is 2.85 Å². The van der Waals surface area contributed by atoms with Gasteiger partial charge in [0.05, 0.1) is 0 Å². The molecule has 0 amide bonds. The third-order valence-corrected chi connectivity index (χ3v) is 0. The molecule has 0 saturated heterocycles. The largest absolute Gasteiger partial charge is 2.00 e. The first-order chi connectivity index (χ1) is 3.46. The third-order valence-electron chi connectivity index (χ3n) is 0. The molecule has 0 spiro atoms. The molecule has 0 radical (unpaired) electrons. The molecule has 2 N–H and O–H groups in total. The zero-order valence-corrected chi connectivity index (χ0v) is 8.37. The Bertz CT molecular complexity index is 75.8. The first kappa shape index (κ1) is 22.4. The van der Waals surface area contributed by atoms with Crippen molar-refractivity contribution in [3.05, 3.63) is 0 Å². The zero-order chi connectivity index (χ0) is 7.15. The maximum absolute atomic E-state index is 8.74. The summed E-state index contributed by atoms with van der Waals surface area (Å²) in [7, 11) is 2.87. The van der Waals surface area contributed by atoms with E-state index < -0.39 is 9.17 Å². The van der Waals surface area contributed by atoms with Crippen molar-refractivity contribution in [3.63, 3.8) is 0 Å². The smallest absolute Gasteiger partial charge is 1.00 e. The predicted molar refractivity (Wildman–Crippen MR) is 48.4 cm³/mol. The molecule has 0 aliphatic heterocycles. The summed E-state index contributed by atoms with van der Waals surface area (Å²) < 4.78 is 8.74. The van der Waals surface area contributed by atoms with Gasteiger partial charge in [-0.3, -0.25) is 4.46 Å². The molecule has 0 aliphatic rings. The van der Waals surface area contributed by atoms with Gasteiger partial charge in [0, 0.05) is 0 Å². The van der Waals surface area contributed by atoms with E-state index in [4.69, 9.17) is 14.1 Å². The Hall–Kier alpha value is 0.876. The molecular weight excluding hydrogens is 177 g/mol. The SMILES string of the molecule is CN(C)C.O=[Si](O)O.[AlH3].[H-].[H-].[Mg+2]. The second-order valence-corrected chi connectivity index (χ2v) is 2.19. The number of hydrogen-bond donors (Lipinski definition) is 2. The van der Waals surface area contributed by atoms with Crippen LogP contribution in [0, 0.1) is 0 Å². The van der Waals surface area contributed by atoms with Gasteiger partial charge < -0.3 is 17.3 Å². The van der Waals surface area contributed by atoms with Gasteiger partial charge in [0.25, 0.3) is 0 Å². The topological polar surface area (TPSA) is 60.8 Å². The Kier molecular flexibility index (Phi) is 36.9. The fraction of sp³-hybridized carbons (Fsp3) is 1.00. The van der Waals surface area contributed by atoms with Crippen molar-refractivity contribution in [2.24, 2.45) is 0 Å². The van der Waals surface area contributed by atoms with E-state index in [9.17, 15) is 0 Å². The summed E-state index contributed by atoms with van der Waals surface area (Å²) in [6, 6.07) is 0. The van der Waals surface area contributed by atoms with E-state index in [2.05, 4.69) is 0 Å². The van der Waals surface area contributed by atoms with E-state index in [1.807, 2.05) is 26.0 Å². The Morgan fingerprint density at radius 3 is 1.30 bits per heavy atom. The molecular formula is C3H16AlMgNO3Si. The minimum Gasteiger partial charge on any atom is -1.00 e. The van der Waals surface area contributed by atoms with E-state index in [-0.39, 0.29) is 43.3 Å². The molecule has 7 heteroatoms. The quantitative estimate of drug-likeness (QED) is 0.409. The minimum absolute atomic E-state index is 0. The van der Waals surface area contributed by atoms with Crippen LogP contribution in [0.4, 0.5) is 0 Å². The maximum Gasteiger partial charge on any atom is 2.00 e. The second-order valence-electron chi connectivity index (χ2n) is 1.62. The van der Waals surface area contributed by atoms with Gasteiger partial charge in [-0.1, -0.05) is 0 Å². The molecule has 0 aromatic carbocycles. The summed E-state index contributed by atoms with van der Waals surface area (Å²) in [6.07, 6.45) is 0. The summed E-state index contributed by atoms with van der Waals surface area (Å²) in [5, 5.41) is 0. The average molecular weight is 194 g/mol. The molecule has 0 bridgehead atoms. The van der Waals surface area contributed by atoms with Gasteiger partial charge in [-0.2, -0.15) is 0 Å². The normalized spacial score (nSPS) is 6.00. The van der Waals surface area contributed by atoms with Gasteiger partial charge in [-0.25, -0.2) is 0 Å². The molecule has 0 aliphatic carbocycles. The van der Waals surface area contributed by atoms with Crippen molar-refractivity contribution in [1.82, 2.24) is 4.90 Å². The van der Waals surface area contributed by atoms with Gasteiger partial charge in [0.15, 0.2) is 17.4 Å². The zero-order valence-electron chi connectivity index (χ0n) is 7.96. The van der Waals surface area contributed by atoms with E-state index in [0.717, 1.165) is 0 Å². The molecule has 0 heterocycles. The Labute approximate surface area is 92.4 Å². The predicted octanol–water partition coefficient (Wildman–Crippen LogP) is -2.78. The summed E-state index contributed by atoms with van der Waals surface area (Å²) in [4.78, 5) is 16.3. The molecule has 0 atom stereocenters. The molecule has 0 aromatic rings. The van der Waals surface area contributed by atoms with Crippen molar-refractivity contribution in [2.75, 3.05) is 21.1 Å². The van der Waals surface area contributed by atoms with Crippen LogP contribution in [0.15, 0.2) is 0 Å².